The smallest absolute Gasteiger partial charge is 0.170 e. The van der Waals surface area contributed by atoms with Crippen LogP contribution in [0, 0.1) is 11.6 Å². The van der Waals surface area contributed by atoms with Gasteiger partial charge >= 0.3 is 0 Å². The van der Waals surface area contributed by atoms with Crippen molar-refractivity contribution in [3.8, 4) is 0 Å². The number of hydrogen-bond donors (Lipinski definition) is 1. The van der Waals surface area contributed by atoms with E-state index in [1.165, 1.54) is 6.07 Å². The minimum Gasteiger partial charge on any atom is -0.457 e. The Hall–Kier alpha value is -1.42. The summed E-state index contributed by atoms with van der Waals surface area (Å²) in [4.78, 5) is 0. The minimum atomic E-state index is -0.664. The molecule has 0 fully saturated rings. The van der Waals surface area contributed by atoms with Gasteiger partial charge in [0.25, 0.3) is 0 Å². The minimum absolute atomic E-state index is 0.108. The second-order valence-electron chi connectivity index (χ2n) is 3.05. The van der Waals surface area contributed by atoms with Crippen LogP contribution in [-0.2, 0) is 6.54 Å². The molecular formula is C10H9F2NO. The van der Waals surface area contributed by atoms with Crippen molar-refractivity contribution in [3.05, 3.63) is 35.6 Å². The topological polar surface area (TPSA) is 25.2 Å². The largest absolute Gasteiger partial charge is 0.457 e. The fourth-order valence-electron chi connectivity index (χ4n) is 1.39. The van der Waals surface area contributed by atoms with E-state index in [4.69, 9.17) is 4.42 Å². The number of hydrogen-bond acceptors (Lipinski definition) is 2. The summed E-state index contributed by atoms with van der Waals surface area (Å²) in [6.45, 7) is 0.496. The van der Waals surface area contributed by atoms with E-state index in [1.54, 1.807) is 13.1 Å². The lowest BCUT2D eigenvalue weighted by Crippen LogP contribution is -2.03. The molecule has 1 aromatic carbocycles. The van der Waals surface area contributed by atoms with Gasteiger partial charge in [0.2, 0.25) is 0 Å². The van der Waals surface area contributed by atoms with Crippen LogP contribution in [0.2, 0.25) is 0 Å². The van der Waals surface area contributed by atoms with Gasteiger partial charge in [-0.05, 0) is 19.2 Å². The van der Waals surface area contributed by atoms with E-state index >= 15 is 0 Å². The summed E-state index contributed by atoms with van der Waals surface area (Å²) >= 11 is 0. The Labute approximate surface area is 79.5 Å². The van der Waals surface area contributed by atoms with Gasteiger partial charge in [-0.25, -0.2) is 8.78 Å². The predicted octanol–water partition coefficient (Wildman–Crippen LogP) is 2.43. The SMILES string of the molecule is CNCc1cc2cc(F)cc(F)c2o1. The van der Waals surface area contributed by atoms with E-state index in [1.807, 2.05) is 0 Å². The van der Waals surface area contributed by atoms with Crippen molar-refractivity contribution in [2.24, 2.45) is 0 Å². The maximum atomic E-state index is 13.1. The molecule has 1 heterocycles. The van der Waals surface area contributed by atoms with Gasteiger partial charge in [0, 0.05) is 11.5 Å². The average molecular weight is 197 g/mol. The number of halogens is 2. The Balaban J connectivity index is 2.58. The summed E-state index contributed by atoms with van der Waals surface area (Å²) in [5.41, 5.74) is 0.108. The van der Waals surface area contributed by atoms with E-state index in [2.05, 4.69) is 5.32 Å². The number of fused-ring (bicyclic) bond motifs is 1. The molecule has 14 heavy (non-hydrogen) atoms. The molecule has 0 spiro atoms. The Morgan fingerprint density at radius 2 is 2.07 bits per heavy atom. The van der Waals surface area contributed by atoms with Gasteiger partial charge in [0.05, 0.1) is 6.54 Å². The second-order valence-corrected chi connectivity index (χ2v) is 3.05. The summed E-state index contributed by atoms with van der Waals surface area (Å²) in [6, 6.07) is 3.69. The summed E-state index contributed by atoms with van der Waals surface area (Å²) in [5.74, 6) is -0.666. The van der Waals surface area contributed by atoms with Crippen LogP contribution in [0.3, 0.4) is 0 Å². The van der Waals surface area contributed by atoms with Crippen LogP contribution in [0.1, 0.15) is 5.76 Å². The van der Waals surface area contributed by atoms with Crippen molar-refractivity contribution in [1.82, 2.24) is 5.32 Å². The first-order valence-corrected chi connectivity index (χ1v) is 4.23. The van der Waals surface area contributed by atoms with Gasteiger partial charge in [-0.2, -0.15) is 0 Å². The van der Waals surface area contributed by atoms with E-state index in [0.29, 0.717) is 17.7 Å². The molecule has 2 nitrogen and oxygen atoms in total. The monoisotopic (exact) mass is 197 g/mol. The molecule has 0 amide bonds. The number of rotatable bonds is 2. The van der Waals surface area contributed by atoms with Crippen LogP contribution in [0.25, 0.3) is 11.0 Å². The predicted molar refractivity (Wildman–Crippen MR) is 48.9 cm³/mol. The Morgan fingerprint density at radius 1 is 1.29 bits per heavy atom. The number of benzene rings is 1. The van der Waals surface area contributed by atoms with Crippen molar-refractivity contribution < 1.29 is 13.2 Å². The summed E-state index contributed by atoms with van der Waals surface area (Å²) in [7, 11) is 1.75. The van der Waals surface area contributed by atoms with Crippen LogP contribution in [0.5, 0.6) is 0 Å². The van der Waals surface area contributed by atoms with Crippen molar-refractivity contribution in [1.29, 1.82) is 0 Å². The van der Waals surface area contributed by atoms with Gasteiger partial charge in [0.1, 0.15) is 11.6 Å². The van der Waals surface area contributed by atoms with Gasteiger partial charge < -0.3 is 9.73 Å². The standard InChI is InChI=1S/C10H9F2NO/c1-13-5-8-3-6-2-7(11)4-9(12)10(6)14-8/h2-4,13H,5H2,1H3. The zero-order valence-corrected chi connectivity index (χ0v) is 7.60. The van der Waals surface area contributed by atoms with Gasteiger partial charge in [-0.15, -0.1) is 0 Å². The zero-order valence-electron chi connectivity index (χ0n) is 7.60. The third-order valence-corrected chi connectivity index (χ3v) is 1.94. The average Bonchev–Trinajstić information content (AvgIpc) is 2.48. The maximum absolute atomic E-state index is 13.1. The molecule has 0 saturated heterocycles. The van der Waals surface area contributed by atoms with Crippen molar-refractivity contribution in [2.75, 3.05) is 7.05 Å². The summed E-state index contributed by atoms with van der Waals surface area (Å²) < 4.78 is 31.1. The van der Waals surface area contributed by atoms with Crippen LogP contribution in [-0.4, -0.2) is 7.05 Å². The Morgan fingerprint density at radius 3 is 2.79 bits per heavy atom. The molecule has 4 heteroatoms. The quantitative estimate of drug-likeness (QED) is 0.799. The van der Waals surface area contributed by atoms with Crippen molar-refractivity contribution in [3.63, 3.8) is 0 Å². The highest BCUT2D eigenvalue weighted by atomic mass is 19.1. The van der Waals surface area contributed by atoms with Gasteiger partial charge in [-0.1, -0.05) is 0 Å². The third-order valence-electron chi connectivity index (χ3n) is 1.94. The molecule has 2 rings (SSSR count). The normalized spacial score (nSPS) is 11.1. The van der Waals surface area contributed by atoms with Crippen LogP contribution in [0.15, 0.2) is 22.6 Å². The fraction of sp³-hybridized carbons (Fsp3) is 0.200. The first kappa shape index (κ1) is 9.15. The van der Waals surface area contributed by atoms with Crippen molar-refractivity contribution in [2.45, 2.75) is 6.54 Å². The molecule has 0 radical (unpaired) electrons. The first-order valence-electron chi connectivity index (χ1n) is 4.23. The van der Waals surface area contributed by atoms with E-state index < -0.39 is 11.6 Å². The Kier molecular flexibility index (Phi) is 2.21. The molecule has 0 saturated carbocycles. The highest BCUT2D eigenvalue weighted by molar-refractivity contribution is 5.78. The van der Waals surface area contributed by atoms with Gasteiger partial charge in [0.15, 0.2) is 11.4 Å². The van der Waals surface area contributed by atoms with Crippen LogP contribution < -0.4 is 5.32 Å². The van der Waals surface area contributed by atoms with E-state index in [-0.39, 0.29) is 5.58 Å². The fourth-order valence-corrected chi connectivity index (χ4v) is 1.39. The molecule has 2 aromatic rings. The molecule has 1 N–H and O–H groups in total. The molecular weight excluding hydrogens is 188 g/mol. The molecule has 0 aliphatic heterocycles. The molecule has 0 atom stereocenters. The number of furan rings is 1. The lowest BCUT2D eigenvalue weighted by molar-refractivity contribution is 0.503. The molecule has 0 bridgehead atoms. The first-order chi connectivity index (χ1) is 6.70. The van der Waals surface area contributed by atoms with Crippen LogP contribution in [0.4, 0.5) is 8.78 Å². The maximum Gasteiger partial charge on any atom is 0.170 e. The van der Waals surface area contributed by atoms with Crippen LogP contribution >= 0.6 is 0 Å². The van der Waals surface area contributed by atoms with Gasteiger partial charge in [-0.3, -0.25) is 0 Å². The summed E-state index contributed by atoms with van der Waals surface area (Å²) in [5, 5.41) is 3.32. The third kappa shape index (κ3) is 1.48. The molecule has 1 aromatic heterocycles. The molecule has 74 valence electrons. The molecule has 0 aliphatic carbocycles. The highest BCUT2D eigenvalue weighted by Gasteiger charge is 2.09. The molecule has 0 unspecified atom stereocenters. The lowest BCUT2D eigenvalue weighted by Gasteiger charge is -1.92. The molecule has 0 aliphatic rings. The van der Waals surface area contributed by atoms with E-state index in [0.717, 1.165) is 6.07 Å². The van der Waals surface area contributed by atoms with E-state index in [9.17, 15) is 8.78 Å². The lowest BCUT2D eigenvalue weighted by atomic mass is 10.2. The van der Waals surface area contributed by atoms with Crippen molar-refractivity contribution >= 4 is 11.0 Å². The number of nitrogens with one attached hydrogen (secondary N) is 1. The Bertz CT molecular complexity index is 464. The highest BCUT2D eigenvalue weighted by Crippen LogP contribution is 2.23. The zero-order chi connectivity index (χ0) is 10.1. The second kappa shape index (κ2) is 3.38. The summed E-state index contributed by atoms with van der Waals surface area (Å²) in [6.07, 6.45) is 0.